The standard InChI is InChI=1S/C19H20N4O4/c24-17-6-7-18(25)23(17)15-4-1-3-13(9-15)19(26)21-14-10-20-22(11-14)12-16-5-2-8-27-16/h1,3-4,9-11,16H,2,5-8,12H2,(H,21,26). The molecule has 2 aliphatic heterocycles. The van der Waals surface area contributed by atoms with Gasteiger partial charge in [0, 0.05) is 31.2 Å². The summed E-state index contributed by atoms with van der Waals surface area (Å²) in [6, 6.07) is 6.50. The van der Waals surface area contributed by atoms with E-state index in [-0.39, 0.29) is 36.7 Å². The summed E-state index contributed by atoms with van der Waals surface area (Å²) < 4.78 is 7.34. The Kier molecular flexibility index (Phi) is 4.72. The smallest absolute Gasteiger partial charge is 0.255 e. The molecule has 0 bridgehead atoms. The predicted octanol–water partition coefficient (Wildman–Crippen LogP) is 1.97. The zero-order chi connectivity index (χ0) is 18.8. The Bertz CT molecular complexity index is 869. The fourth-order valence-corrected chi connectivity index (χ4v) is 3.38. The fourth-order valence-electron chi connectivity index (χ4n) is 3.38. The fraction of sp³-hybridized carbons (Fsp3) is 0.368. The third kappa shape index (κ3) is 3.75. The van der Waals surface area contributed by atoms with Crippen molar-refractivity contribution in [2.75, 3.05) is 16.8 Å². The van der Waals surface area contributed by atoms with Crippen molar-refractivity contribution in [3.8, 4) is 0 Å². The molecule has 1 N–H and O–H groups in total. The molecule has 0 spiro atoms. The third-order valence-corrected chi connectivity index (χ3v) is 4.72. The van der Waals surface area contributed by atoms with Gasteiger partial charge in [-0.15, -0.1) is 0 Å². The number of anilines is 2. The molecule has 0 saturated carbocycles. The summed E-state index contributed by atoms with van der Waals surface area (Å²) in [5.41, 5.74) is 1.37. The van der Waals surface area contributed by atoms with Crippen LogP contribution in [0.25, 0.3) is 0 Å². The molecule has 1 aromatic heterocycles. The molecule has 2 aromatic rings. The second kappa shape index (κ2) is 7.32. The van der Waals surface area contributed by atoms with Gasteiger partial charge in [-0.2, -0.15) is 5.10 Å². The van der Waals surface area contributed by atoms with Gasteiger partial charge in [-0.05, 0) is 31.0 Å². The van der Waals surface area contributed by atoms with Crippen LogP contribution in [0.3, 0.4) is 0 Å². The number of carbonyl (C=O) groups is 3. The number of imide groups is 1. The van der Waals surface area contributed by atoms with Crippen LogP contribution in [0.5, 0.6) is 0 Å². The summed E-state index contributed by atoms with van der Waals surface area (Å²) in [7, 11) is 0. The molecule has 2 saturated heterocycles. The summed E-state index contributed by atoms with van der Waals surface area (Å²) in [6.07, 6.45) is 6.01. The van der Waals surface area contributed by atoms with Gasteiger partial charge in [0.1, 0.15) is 0 Å². The van der Waals surface area contributed by atoms with Crippen molar-refractivity contribution in [3.63, 3.8) is 0 Å². The zero-order valence-corrected chi connectivity index (χ0v) is 14.8. The number of hydrogen-bond acceptors (Lipinski definition) is 5. The lowest BCUT2D eigenvalue weighted by molar-refractivity contribution is -0.121. The van der Waals surface area contributed by atoms with E-state index in [0.717, 1.165) is 24.3 Å². The first kappa shape index (κ1) is 17.4. The average molecular weight is 368 g/mol. The maximum atomic E-state index is 12.5. The summed E-state index contributed by atoms with van der Waals surface area (Å²) >= 11 is 0. The molecule has 1 unspecified atom stereocenters. The van der Waals surface area contributed by atoms with Crippen molar-refractivity contribution in [2.24, 2.45) is 0 Å². The molecule has 3 heterocycles. The van der Waals surface area contributed by atoms with E-state index in [1.165, 1.54) is 0 Å². The van der Waals surface area contributed by atoms with Crippen LogP contribution in [-0.2, 0) is 20.9 Å². The minimum atomic E-state index is -0.326. The molecule has 0 aliphatic carbocycles. The van der Waals surface area contributed by atoms with E-state index in [4.69, 9.17) is 4.74 Å². The number of amides is 3. The number of ether oxygens (including phenoxy) is 1. The van der Waals surface area contributed by atoms with Gasteiger partial charge in [-0.25, -0.2) is 0 Å². The zero-order valence-electron chi connectivity index (χ0n) is 14.8. The molecule has 140 valence electrons. The van der Waals surface area contributed by atoms with Crippen molar-refractivity contribution >= 4 is 29.1 Å². The molecular formula is C19H20N4O4. The van der Waals surface area contributed by atoms with Crippen LogP contribution in [0.15, 0.2) is 36.7 Å². The number of nitrogens with zero attached hydrogens (tertiary/aromatic N) is 3. The van der Waals surface area contributed by atoms with Crippen molar-refractivity contribution in [3.05, 3.63) is 42.2 Å². The second-order valence-corrected chi connectivity index (χ2v) is 6.71. The van der Waals surface area contributed by atoms with Crippen LogP contribution in [-0.4, -0.2) is 40.2 Å². The van der Waals surface area contributed by atoms with Crippen molar-refractivity contribution < 1.29 is 19.1 Å². The van der Waals surface area contributed by atoms with Crippen LogP contribution in [0.1, 0.15) is 36.0 Å². The van der Waals surface area contributed by atoms with Gasteiger partial charge >= 0.3 is 0 Å². The highest BCUT2D eigenvalue weighted by atomic mass is 16.5. The molecule has 3 amide bonds. The Morgan fingerprint density at radius 3 is 2.81 bits per heavy atom. The van der Waals surface area contributed by atoms with E-state index >= 15 is 0 Å². The molecule has 2 aliphatic rings. The van der Waals surface area contributed by atoms with E-state index in [0.29, 0.717) is 23.5 Å². The third-order valence-electron chi connectivity index (χ3n) is 4.72. The Balaban J connectivity index is 1.44. The van der Waals surface area contributed by atoms with Crippen LogP contribution >= 0.6 is 0 Å². The number of nitrogens with one attached hydrogen (secondary N) is 1. The topological polar surface area (TPSA) is 93.5 Å². The highest BCUT2D eigenvalue weighted by Gasteiger charge is 2.30. The molecule has 1 atom stereocenters. The molecule has 27 heavy (non-hydrogen) atoms. The van der Waals surface area contributed by atoms with Gasteiger partial charge in [0.15, 0.2) is 0 Å². The van der Waals surface area contributed by atoms with Crippen molar-refractivity contribution in [1.82, 2.24) is 9.78 Å². The quantitative estimate of drug-likeness (QED) is 0.815. The maximum Gasteiger partial charge on any atom is 0.255 e. The van der Waals surface area contributed by atoms with Gasteiger partial charge in [-0.1, -0.05) is 6.07 Å². The highest BCUT2D eigenvalue weighted by molar-refractivity contribution is 6.20. The van der Waals surface area contributed by atoms with Crippen LogP contribution in [0.4, 0.5) is 11.4 Å². The van der Waals surface area contributed by atoms with Crippen LogP contribution in [0.2, 0.25) is 0 Å². The molecule has 8 heteroatoms. The second-order valence-electron chi connectivity index (χ2n) is 6.71. The summed E-state index contributed by atoms with van der Waals surface area (Å²) in [5.74, 6) is -0.812. The number of rotatable bonds is 5. The average Bonchev–Trinajstić information content (AvgIpc) is 3.39. The predicted molar refractivity (Wildman–Crippen MR) is 97.3 cm³/mol. The summed E-state index contributed by atoms with van der Waals surface area (Å²) in [6.45, 7) is 1.44. The van der Waals surface area contributed by atoms with Crippen molar-refractivity contribution in [2.45, 2.75) is 38.3 Å². The lowest BCUT2D eigenvalue weighted by Gasteiger charge is -2.14. The highest BCUT2D eigenvalue weighted by Crippen LogP contribution is 2.24. The largest absolute Gasteiger partial charge is 0.376 e. The summed E-state index contributed by atoms with van der Waals surface area (Å²) in [5, 5.41) is 7.04. The van der Waals surface area contributed by atoms with Crippen LogP contribution in [0, 0.1) is 0 Å². The minimum absolute atomic E-state index is 0.167. The normalized spacial score (nSPS) is 19.7. The molecule has 4 rings (SSSR count). The molecule has 1 aromatic carbocycles. The van der Waals surface area contributed by atoms with Gasteiger partial charge in [0.2, 0.25) is 11.8 Å². The lowest BCUT2D eigenvalue weighted by atomic mass is 10.1. The first-order chi connectivity index (χ1) is 13.1. The van der Waals surface area contributed by atoms with E-state index in [1.54, 1.807) is 41.3 Å². The summed E-state index contributed by atoms with van der Waals surface area (Å²) in [4.78, 5) is 37.4. The van der Waals surface area contributed by atoms with Gasteiger partial charge in [0.05, 0.1) is 30.2 Å². The van der Waals surface area contributed by atoms with E-state index in [9.17, 15) is 14.4 Å². The molecule has 0 radical (unpaired) electrons. The maximum absolute atomic E-state index is 12.5. The van der Waals surface area contributed by atoms with Gasteiger partial charge in [-0.3, -0.25) is 24.0 Å². The van der Waals surface area contributed by atoms with Crippen molar-refractivity contribution in [1.29, 1.82) is 0 Å². The molecule has 2 fully saturated rings. The number of benzene rings is 1. The first-order valence-electron chi connectivity index (χ1n) is 9.01. The SMILES string of the molecule is O=C(Nc1cnn(CC2CCCO2)c1)c1cccc(N2C(=O)CCC2=O)c1. The first-order valence-corrected chi connectivity index (χ1v) is 9.01. The van der Waals surface area contributed by atoms with Gasteiger partial charge < -0.3 is 10.1 Å². The number of aromatic nitrogens is 2. The minimum Gasteiger partial charge on any atom is -0.376 e. The molecular weight excluding hydrogens is 348 g/mol. The van der Waals surface area contributed by atoms with E-state index < -0.39 is 0 Å². The Hall–Kier alpha value is -3.00. The Morgan fingerprint density at radius 1 is 1.26 bits per heavy atom. The van der Waals surface area contributed by atoms with E-state index in [2.05, 4.69) is 10.4 Å². The lowest BCUT2D eigenvalue weighted by Crippen LogP contribution is -2.28. The Labute approximate surface area is 156 Å². The monoisotopic (exact) mass is 368 g/mol. The number of carbonyl (C=O) groups excluding carboxylic acids is 3. The van der Waals surface area contributed by atoms with Gasteiger partial charge in [0.25, 0.3) is 5.91 Å². The molecule has 8 nitrogen and oxygen atoms in total. The van der Waals surface area contributed by atoms with Crippen LogP contribution < -0.4 is 10.2 Å². The number of hydrogen-bond donors (Lipinski definition) is 1. The van der Waals surface area contributed by atoms with E-state index in [1.807, 2.05) is 0 Å². The Morgan fingerprint density at radius 2 is 2.07 bits per heavy atom.